The van der Waals surface area contributed by atoms with Gasteiger partial charge in [-0.05, 0) is 25.7 Å². The molecular weight excluding hydrogens is 206 g/mol. The fourth-order valence-electron chi connectivity index (χ4n) is 1.59. The molecule has 0 aliphatic rings. The van der Waals surface area contributed by atoms with Gasteiger partial charge in [-0.2, -0.15) is 0 Å². The minimum absolute atomic E-state index is 0.0469. The molecule has 0 bridgehead atoms. The predicted molar refractivity (Wildman–Crippen MR) is 63.2 cm³/mol. The van der Waals surface area contributed by atoms with Crippen molar-refractivity contribution in [3.63, 3.8) is 0 Å². The standard InChI is InChI=1S/C12H23NO3/c1-3-7-10(4-2)13-11(14)8-5-6-9-12(15)16/h10H,3-9H2,1-2H3,(H,13,14)(H,15,16). The Morgan fingerprint density at radius 1 is 1.19 bits per heavy atom. The first-order valence-corrected chi connectivity index (χ1v) is 6.11. The van der Waals surface area contributed by atoms with Crippen LogP contribution in [0.4, 0.5) is 0 Å². The van der Waals surface area contributed by atoms with Gasteiger partial charge in [-0.1, -0.05) is 20.3 Å². The summed E-state index contributed by atoms with van der Waals surface area (Å²) in [6.07, 6.45) is 4.85. The van der Waals surface area contributed by atoms with Crippen LogP contribution in [0.5, 0.6) is 0 Å². The van der Waals surface area contributed by atoms with Crippen LogP contribution in [0.25, 0.3) is 0 Å². The molecule has 1 amide bonds. The van der Waals surface area contributed by atoms with Gasteiger partial charge in [-0.15, -0.1) is 0 Å². The minimum atomic E-state index is -0.794. The van der Waals surface area contributed by atoms with E-state index in [1.807, 2.05) is 0 Å². The SMILES string of the molecule is CCCC(CC)NC(=O)CCCCC(=O)O. The van der Waals surface area contributed by atoms with E-state index >= 15 is 0 Å². The molecule has 4 nitrogen and oxygen atoms in total. The quantitative estimate of drug-likeness (QED) is 0.596. The average Bonchev–Trinajstić information content (AvgIpc) is 2.23. The molecule has 0 fully saturated rings. The topological polar surface area (TPSA) is 66.4 Å². The number of carbonyl (C=O) groups excluding carboxylic acids is 1. The summed E-state index contributed by atoms with van der Waals surface area (Å²) < 4.78 is 0. The van der Waals surface area contributed by atoms with Gasteiger partial charge in [-0.25, -0.2) is 0 Å². The Labute approximate surface area is 97.4 Å². The van der Waals surface area contributed by atoms with E-state index in [9.17, 15) is 9.59 Å². The molecule has 0 heterocycles. The van der Waals surface area contributed by atoms with Gasteiger partial charge in [0.25, 0.3) is 0 Å². The highest BCUT2D eigenvalue weighted by atomic mass is 16.4. The van der Waals surface area contributed by atoms with Gasteiger partial charge in [0.05, 0.1) is 0 Å². The number of aliphatic carboxylic acids is 1. The Balaban J connectivity index is 3.60. The first kappa shape index (κ1) is 14.9. The summed E-state index contributed by atoms with van der Waals surface area (Å²) in [5.74, 6) is -0.747. The van der Waals surface area contributed by atoms with E-state index in [4.69, 9.17) is 5.11 Å². The van der Waals surface area contributed by atoms with E-state index in [0.29, 0.717) is 19.3 Å². The first-order valence-electron chi connectivity index (χ1n) is 6.11. The number of hydrogen-bond donors (Lipinski definition) is 2. The molecule has 0 aromatic heterocycles. The van der Waals surface area contributed by atoms with Crippen molar-refractivity contribution in [1.82, 2.24) is 5.32 Å². The zero-order chi connectivity index (χ0) is 12.4. The Morgan fingerprint density at radius 2 is 1.81 bits per heavy atom. The third-order valence-electron chi connectivity index (χ3n) is 2.54. The second kappa shape index (κ2) is 9.19. The van der Waals surface area contributed by atoms with Crippen LogP contribution in [-0.2, 0) is 9.59 Å². The molecule has 16 heavy (non-hydrogen) atoms. The number of amides is 1. The Morgan fingerprint density at radius 3 is 2.31 bits per heavy atom. The van der Waals surface area contributed by atoms with Gasteiger partial charge in [0.1, 0.15) is 0 Å². The van der Waals surface area contributed by atoms with Gasteiger partial charge >= 0.3 is 5.97 Å². The highest BCUT2D eigenvalue weighted by molar-refractivity contribution is 5.76. The van der Waals surface area contributed by atoms with Crippen LogP contribution in [0, 0.1) is 0 Å². The minimum Gasteiger partial charge on any atom is -0.481 e. The number of carbonyl (C=O) groups is 2. The van der Waals surface area contributed by atoms with Crippen molar-refractivity contribution in [3.05, 3.63) is 0 Å². The highest BCUT2D eigenvalue weighted by Gasteiger charge is 2.09. The summed E-state index contributed by atoms with van der Waals surface area (Å²) in [6.45, 7) is 4.16. The molecule has 0 rings (SSSR count). The number of rotatable bonds is 9. The predicted octanol–water partition coefficient (Wildman–Crippen LogP) is 2.33. The molecule has 0 aromatic rings. The van der Waals surface area contributed by atoms with Crippen LogP contribution in [0.15, 0.2) is 0 Å². The second-order valence-corrected chi connectivity index (χ2v) is 4.06. The molecule has 0 aliphatic carbocycles. The van der Waals surface area contributed by atoms with E-state index in [2.05, 4.69) is 19.2 Å². The molecule has 0 aromatic carbocycles. The summed E-state index contributed by atoms with van der Waals surface area (Å²) in [6, 6.07) is 0.275. The van der Waals surface area contributed by atoms with Crippen molar-refractivity contribution in [2.24, 2.45) is 0 Å². The fraction of sp³-hybridized carbons (Fsp3) is 0.833. The van der Waals surface area contributed by atoms with Crippen LogP contribution in [0.1, 0.15) is 58.8 Å². The lowest BCUT2D eigenvalue weighted by molar-refractivity contribution is -0.137. The van der Waals surface area contributed by atoms with Crippen molar-refractivity contribution < 1.29 is 14.7 Å². The molecule has 0 radical (unpaired) electrons. The van der Waals surface area contributed by atoms with Crippen LogP contribution >= 0.6 is 0 Å². The maximum atomic E-state index is 11.5. The molecule has 0 saturated carbocycles. The number of carboxylic acid groups (broad SMARTS) is 1. The van der Waals surface area contributed by atoms with Crippen molar-refractivity contribution in [2.45, 2.75) is 64.8 Å². The molecule has 2 N–H and O–H groups in total. The zero-order valence-corrected chi connectivity index (χ0v) is 10.3. The maximum Gasteiger partial charge on any atom is 0.303 e. The van der Waals surface area contributed by atoms with Gasteiger partial charge in [0.2, 0.25) is 5.91 Å². The zero-order valence-electron chi connectivity index (χ0n) is 10.3. The molecule has 0 spiro atoms. The number of unbranched alkanes of at least 4 members (excludes halogenated alkanes) is 1. The van der Waals surface area contributed by atoms with Crippen LogP contribution in [0.3, 0.4) is 0 Å². The summed E-state index contributed by atoms with van der Waals surface area (Å²) >= 11 is 0. The summed E-state index contributed by atoms with van der Waals surface area (Å²) in [5.41, 5.74) is 0. The largest absolute Gasteiger partial charge is 0.481 e. The third kappa shape index (κ3) is 8.26. The molecule has 94 valence electrons. The van der Waals surface area contributed by atoms with E-state index in [-0.39, 0.29) is 18.4 Å². The molecule has 1 unspecified atom stereocenters. The third-order valence-corrected chi connectivity index (χ3v) is 2.54. The van der Waals surface area contributed by atoms with E-state index < -0.39 is 5.97 Å². The first-order chi connectivity index (χ1) is 7.60. The van der Waals surface area contributed by atoms with E-state index in [1.165, 1.54) is 0 Å². The average molecular weight is 229 g/mol. The summed E-state index contributed by atoms with van der Waals surface area (Å²) in [4.78, 5) is 21.7. The molecule has 0 saturated heterocycles. The van der Waals surface area contributed by atoms with E-state index in [1.54, 1.807) is 0 Å². The van der Waals surface area contributed by atoms with Gasteiger partial charge < -0.3 is 10.4 Å². The lowest BCUT2D eigenvalue weighted by atomic mass is 10.1. The fourth-order valence-corrected chi connectivity index (χ4v) is 1.59. The van der Waals surface area contributed by atoms with Crippen molar-refractivity contribution >= 4 is 11.9 Å². The smallest absolute Gasteiger partial charge is 0.303 e. The van der Waals surface area contributed by atoms with Gasteiger partial charge in [0, 0.05) is 18.9 Å². The Kier molecular flexibility index (Phi) is 8.58. The summed E-state index contributed by atoms with van der Waals surface area (Å²) in [5, 5.41) is 11.4. The van der Waals surface area contributed by atoms with E-state index in [0.717, 1.165) is 19.3 Å². The number of nitrogens with one attached hydrogen (secondary N) is 1. The van der Waals surface area contributed by atoms with Gasteiger partial charge in [0.15, 0.2) is 0 Å². The lowest BCUT2D eigenvalue weighted by Crippen LogP contribution is -2.34. The summed E-state index contributed by atoms with van der Waals surface area (Å²) in [7, 11) is 0. The maximum absolute atomic E-state index is 11.5. The second-order valence-electron chi connectivity index (χ2n) is 4.06. The molecule has 4 heteroatoms. The normalized spacial score (nSPS) is 12.1. The lowest BCUT2D eigenvalue weighted by Gasteiger charge is -2.15. The Hall–Kier alpha value is -1.06. The van der Waals surface area contributed by atoms with Crippen molar-refractivity contribution in [3.8, 4) is 0 Å². The monoisotopic (exact) mass is 229 g/mol. The van der Waals surface area contributed by atoms with Crippen LogP contribution in [-0.4, -0.2) is 23.0 Å². The van der Waals surface area contributed by atoms with Crippen LogP contribution in [0.2, 0.25) is 0 Å². The van der Waals surface area contributed by atoms with Crippen molar-refractivity contribution in [1.29, 1.82) is 0 Å². The molecule has 0 aliphatic heterocycles. The molecule has 1 atom stereocenters. The van der Waals surface area contributed by atoms with Crippen molar-refractivity contribution in [2.75, 3.05) is 0 Å². The molecular formula is C12H23NO3. The highest BCUT2D eigenvalue weighted by Crippen LogP contribution is 2.04. The Bertz CT molecular complexity index is 216. The number of carboxylic acids is 1. The van der Waals surface area contributed by atoms with Gasteiger partial charge in [-0.3, -0.25) is 9.59 Å². The number of hydrogen-bond acceptors (Lipinski definition) is 2. The van der Waals surface area contributed by atoms with Crippen LogP contribution < -0.4 is 5.32 Å².